The SMILES string of the molecule is CC(C)(C)c1ccnc(-c2ccc(B3OC(C)(C)C(C)(C)O3)c(-c3ccccc3)c2)c1.S=S=S=S=S=S=S=S=S=S=S=S=S=S=S=S=S=S=S=S=S=S=S=S=S=S=S=S=S=S=S=S=S=S=S=S=S. The monoisotopic (exact) mass is 1600 g/mol. The molecular formula is C27H32BNO2S37. The molecule has 0 saturated carbocycles. The van der Waals surface area contributed by atoms with Crippen molar-refractivity contribution in [3.05, 3.63) is 72.4 Å². The van der Waals surface area contributed by atoms with Crippen LogP contribution in [0, 0.1) is 0 Å². The van der Waals surface area contributed by atoms with Crippen molar-refractivity contribution in [1.82, 2.24) is 4.98 Å². The van der Waals surface area contributed by atoms with Crippen LogP contribution in [0.25, 0.3) is 22.4 Å². The minimum atomic E-state index is -0.414. The normalized spacial score (nSPS) is 12.2. The van der Waals surface area contributed by atoms with Crippen LogP contribution in [0.3, 0.4) is 0 Å². The molecule has 1 saturated heterocycles. The van der Waals surface area contributed by atoms with Crippen LogP contribution in [0.15, 0.2) is 66.9 Å². The van der Waals surface area contributed by atoms with Gasteiger partial charge in [0.15, 0.2) is 0 Å². The number of hydrogen-bond acceptors (Lipinski definition) is 5. The van der Waals surface area contributed by atoms with E-state index < -0.39 is 7.12 Å². The molecule has 0 spiro atoms. The molecule has 0 unspecified atom stereocenters. The maximum Gasteiger partial charge on any atom is 0.495 e. The summed E-state index contributed by atoms with van der Waals surface area (Å²) in [5, 5.41) is 0. The summed E-state index contributed by atoms with van der Waals surface area (Å²) in [5.74, 6) is 0. The third-order valence-corrected chi connectivity index (χ3v) is 83.1. The number of benzene rings is 2. The number of rotatable bonds is 3. The Balaban J connectivity index is 0.000000364. The highest BCUT2D eigenvalue weighted by Crippen LogP contribution is 2.38. The molecule has 41 heteroatoms. The molecule has 3 aromatic rings. The molecular weight excluding hydrogens is 1570 g/mol. The van der Waals surface area contributed by atoms with Gasteiger partial charge in [0.2, 0.25) is 0 Å². The molecule has 382 valence electrons. The molecule has 1 aliphatic rings. The summed E-state index contributed by atoms with van der Waals surface area (Å²) >= 11 is 9.60. The molecule has 0 aliphatic carbocycles. The number of aromatic nitrogens is 1. The van der Waals surface area contributed by atoms with E-state index in [1.54, 1.807) is 107 Å². The summed E-state index contributed by atoms with van der Waals surface area (Å²) in [6, 6.07) is 21.2. The van der Waals surface area contributed by atoms with Gasteiger partial charge in [-0.15, -0.1) is 0 Å². The highest BCUT2D eigenvalue weighted by Gasteiger charge is 2.52. The molecule has 1 aliphatic heterocycles. The Labute approximate surface area is 509 Å². The molecule has 4 rings (SSSR count). The van der Waals surface area contributed by atoms with Crippen LogP contribution in [-0.4, -0.2) is 23.3 Å². The molecule has 1 fully saturated rings. The quantitative estimate of drug-likeness (QED) is 0.305. The van der Waals surface area contributed by atoms with Gasteiger partial charge in [-0.25, -0.2) is 0 Å². The van der Waals surface area contributed by atoms with E-state index in [2.05, 4.69) is 108 Å². The zero-order chi connectivity index (χ0) is 49.2. The first-order valence-corrected chi connectivity index (χ1v) is 65.0. The predicted octanol–water partition coefficient (Wildman–Crippen LogP) is 5.92. The lowest BCUT2D eigenvalue weighted by molar-refractivity contribution is 0.00578. The number of pyridine rings is 1. The lowest BCUT2D eigenvalue weighted by Crippen LogP contribution is -2.41. The largest absolute Gasteiger partial charge is 0.495 e. The first kappa shape index (κ1) is 68.0. The molecule has 1 aromatic heterocycles. The Hall–Kier alpha value is 5.71. The molecule has 68 heavy (non-hydrogen) atoms. The second kappa shape index (κ2) is 42.6. The molecule has 0 N–H and O–H groups in total. The van der Waals surface area contributed by atoms with Gasteiger partial charge < -0.3 is 9.31 Å². The summed E-state index contributed by atoms with van der Waals surface area (Å²) < 4.78 is 12.8. The van der Waals surface area contributed by atoms with Gasteiger partial charge in [0.25, 0.3) is 0 Å². The van der Waals surface area contributed by atoms with E-state index in [0.29, 0.717) is 0 Å². The fraction of sp³-hybridized carbons (Fsp3) is 0.370. The van der Waals surface area contributed by atoms with Crippen molar-refractivity contribution in [1.29, 1.82) is 0 Å². The van der Waals surface area contributed by atoms with Crippen molar-refractivity contribution in [2.45, 2.75) is 65.1 Å². The second-order valence-electron chi connectivity index (χ2n) is 12.8. The van der Waals surface area contributed by atoms with E-state index in [1.165, 1.54) is 23.3 Å². The third kappa shape index (κ3) is 30.9. The Morgan fingerprint density at radius 1 is 0.426 bits per heavy atom. The van der Waals surface area contributed by atoms with E-state index in [0.717, 1.165) is 27.8 Å². The summed E-state index contributed by atoms with van der Waals surface area (Å²) in [6.45, 7) is 15.0. The van der Waals surface area contributed by atoms with Gasteiger partial charge in [-0.05, 0) is 73.5 Å². The maximum atomic E-state index is 6.38. The van der Waals surface area contributed by atoms with E-state index in [-0.39, 0.29) is 16.6 Å². The van der Waals surface area contributed by atoms with Crippen LogP contribution < -0.4 is 5.46 Å². The lowest BCUT2D eigenvalue weighted by Gasteiger charge is -2.32. The molecule has 0 atom stereocenters. The third-order valence-electron chi connectivity index (χ3n) is 7.51. The molecule has 2 heterocycles. The average molecular weight is 1600 g/mol. The van der Waals surface area contributed by atoms with E-state index in [1.807, 2.05) is 199 Å². The fourth-order valence-corrected chi connectivity index (χ4v) is 94.8. The maximum absolute atomic E-state index is 6.38. The number of hydrogen-bond donors (Lipinski definition) is 0. The first-order chi connectivity index (χ1) is 32.9. The van der Waals surface area contributed by atoms with Crippen molar-refractivity contribution in [3.63, 3.8) is 0 Å². The Morgan fingerprint density at radius 3 is 1.09 bits per heavy atom. The van der Waals surface area contributed by atoms with Crippen molar-refractivity contribution < 1.29 is 9.31 Å². The summed E-state index contributed by atoms with van der Waals surface area (Å²) in [5.41, 5.74) is 5.94. The summed E-state index contributed by atoms with van der Waals surface area (Å²) in [4.78, 5) is 4.67. The standard InChI is InChI=1S/C27H32BNO2.S37/c1-25(2,3)21-15-16-29-24(18-21)20-13-14-23(22(17-20)19-11-9-8-10-12-19)28-30-26(4,5)27(6,7)31-28;1-3-5-7-9-11-13-15-17-19-21-23-25-27-29-31-33-35-37-36-34-32-30-28-26-24-22-20-18-16-14-12-10-8-6-4-2/h8-18H,1-7H3;. The molecule has 2 aromatic carbocycles. The smallest absolute Gasteiger partial charge is 0.399 e. The Morgan fingerprint density at radius 2 is 0.765 bits per heavy atom. The Kier molecular flexibility index (Phi) is 42.6. The predicted molar refractivity (Wildman–Crippen MR) is 402 cm³/mol. The van der Waals surface area contributed by atoms with Gasteiger partial charge in [0, 0.05) is 345 Å². The van der Waals surface area contributed by atoms with Gasteiger partial charge >= 0.3 is 7.12 Å². The van der Waals surface area contributed by atoms with Gasteiger partial charge in [-0.2, -0.15) is 0 Å². The van der Waals surface area contributed by atoms with Crippen molar-refractivity contribution >= 4 is 346 Å². The van der Waals surface area contributed by atoms with Crippen molar-refractivity contribution in [2.24, 2.45) is 0 Å². The van der Waals surface area contributed by atoms with Crippen LogP contribution in [0.1, 0.15) is 54.0 Å². The van der Waals surface area contributed by atoms with Crippen LogP contribution in [0.4, 0.5) is 0 Å². The van der Waals surface area contributed by atoms with E-state index >= 15 is 0 Å². The zero-order valence-corrected chi connectivity index (χ0v) is 65.0. The Bertz CT molecular complexity index is 3790. The van der Waals surface area contributed by atoms with Gasteiger partial charge in [-0.1, -0.05) is 63.2 Å². The average Bonchev–Trinajstić information content (AvgIpc) is 3.55. The van der Waals surface area contributed by atoms with Gasteiger partial charge in [-0.3, -0.25) is 4.98 Å². The summed E-state index contributed by atoms with van der Waals surface area (Å²) in [7, 11) is 61.5. The molecule has 0 bridgehead atoms. The van der Waals surface area contributed by atoms with Crippen LogP contribution in [0.2, 0.25) is 0 Å². The highest BCUT2D eigenvalue weighted by molar-refractivity contribution is 8.80. The van der Waals surface area contributed by atoms with E-state index in [9.17, 15) is 0 Å². The van der Waals surface area contributed by atoms with Crippen LogP contribution in [0.5, 0.6) is 0 Å². The van der Waals surface area contributed by atoms with Crippen LogP contribution in [-0.2, 0) is 348 Å². The van der Waals surface area contributed by atoms with E-state index in [4.69, 9.17) is 31.7 Å². The molecule has 3 nitrogen and oxygen atoms in total. The minimum absolute atomic E-state index is 0.0720. The van der Waals surface area contributed by atoms with Crippen molar-refractivity contribution in [3.8, 4) is 22.4 Å². The highest BCUT2D eigenvalue weighted by atomic mass is 33.5. The van der Waals surface area contributed by atoms with Crippen molar-refractivity contribution in [2.75, 3.05) is 0 Å². The minimum Gasteiger partial charge on any atom is -0.399 e. The lowest BCUT2D eigenvalue weighted by atomic mass is 9.73. The van der Waals surface area contributed by atoms with Crippen LogP contribution >= 0.6 is 0 Å². The molecule has 0 amide bonds. The molecule has 0 radical (unpaired) electrons. The summed E-state index contributed by atoms with van der Waals surface area (Å²) in [6.07, 6.45) is 1.90. The number of nitrogens with zero attached hydrogens (tertiary/aromatic N) is 1. The topological polar surface area (TPSA) is 31.4 Å². The second-order valence-corrected chi connectivity index (χ2v) is 74.7. The first-order valence-electron chi connectivity index (χ1n) is 17.0. The fourth-order valence-electron chi connectivity index (χ4n) is 4.19. The zero-order valence-electron chi connectivity index (χ0n) is 34.8. The van der Waals surface area contributed by atoms with Gasteiger partial charge in [0.1, 0.15) is 0 Å². The van der Waals surface area contributed by atoms with Gasteiger partial charge in [0.05, 0.1) is 16.9 Å².